The summed E-state index contributed by atoms with van der Waals surface area (Å²) in [6.07, 6.45) is 6.87. The van der Waals surface area contributed by atoms with Crippen LogP contribution >= 0.6 is 11.6 Å². The quantitative estimate of drug-likeness (QED) is 0.791. The highest BCUT2D eigenvalue weighted by molar-refractivity contribution is 6.18. The summed E-state index contributed by atoms with van der Waals surface area (Å²) in [6, 6.07) is 8.71. The van der Waals surface area contributed by atoms with Crippen LogP contribution in [-0.4, -0.2) is 5.88 Å². The molecule has 2 rings (SSSR count). The normalized spacial score (nSPS) is 19.6. The zero-order valence-corrected chi connectivity index (χ0v) is 10.4. The molecule has 1 aromatic rings. The summed E-state index contributed by atoms with van der Waals surface area (Å²) in [5.41, 5.74) is 8.52. The maximum Gasteiger partial charge on any atom is 0.0432 e. The molecule has 0 bridgehead atoms. The lowest BCUT2D eigenvalue weighted by molar-refractivity contribution is 0.443. The van der Waals surface area contributed by atoms with E-state index in [1.165, 1.54) is 37.7 Å². The Labute approximate surface area is 103 Å². The maximum absolute atomic E-state index is 5.89. The molecule has 16 heavy (non-hydrogen) atoms. The van der Waals surface area contributed by atoms with Crippen molar-refractivity contribution in [3.05, 3.63) is 35.4 Å². The fourth-order valence-corrected chi connectivity index (χ4v) is 2.72. The van der Waals surface area contributed by atoms with Gasteiger partial charge in [-0.05, 0) is 29.9 Å². The first-order valence-electron chi connectivity index (χ1n) is 6.22. The monoisotopic (exact) mass is 237 g/mol. The van der Waals surface area contributed by atoms with Crippen molar-refractivity contribution in [3.63, 3.8) is 0 Å². The van der Waals surface area contributed by atoms with Crippen LogP contribution in [0.2, 0.25) is 0 Å². The number of benzene rings is 1. The molecule has 1 saturated carbocycles. The topological polar surface area (TPSA) is 26.0 Å². The van der Waals surface area contributed by atoms with Crippen molar-refractivity contribution in [1.29, 1.82) is 0 Å². The summed E-state index contributed by atoms with van der Waals surface area (Å²) >= 11 is 5.75. The van der Waals surface area contributed by atoms with Crippen LogP contribution < -0.4 is 5.73 Å². The lowest BCUT2D eigenvalue weighted by Crippen LogP contribution is -2.12. The van der Waals surface area contributed by atoms with E-state index >= 15 is 0 Å². The summed E-state index contributed by atoms with van der Waals surface area (Å²) in [6.45, 7) is 0. The Morgan fingerprint density at radius 3 is 2.31 bits per heavy atom. The van der Waals surface area contributed by atoms with E-state index in [1.807, 2.05) is 0 Å². The van der Waals surface area contributed by atoms with E-state index in [4.69, 9.17) is 17.3 Å². The van der Waals surface area contributed by atoms with Crippen LogP contribution in [0.3, 0.4) is 0 Å². The Balaban J connectivity index is 2.06. The predicted molar refractivity (Wildman–Crippen MR) is 69.9 cm³/mol. The van der Waals surface area contributed by atoms with E-state index < -0.39 is 0 Å². The van der Waals surface area contributed by atoms with Gasteiger partial charge < -0.3 is 5.73 Å². The highest BCUT2D eigenvalue weighted by Gasteiger charge is 2.15. The van der Waals surface area contributed by atoms with E-state index in [9.17, 15) is 0 Å². The molecule has 2 heteroatoms. The molecule has 0 aromatic heterocycles. The van der Waals surface area contributed by atoms with Gasteiger partial charge in [0.1, 0.15) is 0 Å². The first kappa shape index (κ1) is 11.9. The second-order valence-corrected chi connectivity index (χ2v) is 5.07. The molecule has 0 heterocycles. The summed E-state index contributed by atoms with van der Waals surface area (Å²) in [5, 5.41) is 0. The Hall–Kier alpha value is -0.530. The largest absolute Gasteiger partial charge is 0.323 e. The third-order valence-electron chi connectivity index (χ3n) is 3.61. The van der Waals surface area contributed by atoms with Gasteiger partial charge in [-0.2, -0.15) is 0 Å². The highest BCUT2D eigenvalue weighted by Crippen LogP contribution is 2.32. The molecule has 1 aliphatic rings. The van der Waals surface area contributed by atoms with Gasteiger partial charge in [-0.1, -0.05) is 43.5 Å². The molecule has 1 aliphatic carbocycles. The SMILES string of the molecule is NC(CCl)c1ccc(C2CCCCC2)cc1. The third kappa shape index (κ3) is 2.78. The molecular formula is C14H20ClN. The van der Waals surface area contributed by atoms with Crippen molar-refractivity contribution >= 4 is 11.6 Å². The van der Waals surface area contributed by atoms with Crippen molar-refractivity contribution < 1.29 is 0 Å². The Morgan fingerprint density at radius 1 is 1.12 bits per heavy atom. The molecule has 0 spiro atoms. The molecule has 1 unspecified atom stereocenters. The van der Waals surface area contributed by atoms with Crippen LogP contribution in [-0.2, 0) is 0 Å². The molecule has 1 atom stereocenters. The van der Waals surface area contributed by atoms with Crippen LogP contribution in [0.4, 0.5) is 0 Å². The molecule has 88 valence electrons. The fourth-order valence-electron chi connectivity index (χ4n) is 2.54. The van der Waals surface area contributed by atoms with Gasteiger partial charge in [0.15, 0.2) is 0 Å². The molecule has 1 nitrogen and oxygen atoms in total. The number of halogens is 1. The number of alkyl halides is 1. The van der Waals surface area contributed by atoms with Gasteiger partial charge in [-0.25, -0.2) is 0 Å². The molecule has 1 fully saturated rings. The van der Waals surface area contributed by atoms with E-state index in [0.717, 1.165) is 11.5 Å². The van der Waals surface area contributed by atoms with Crippen molar-refractivity contribution in [1.82, 2.24) is 0 Å². The predicted octanol–water partition coefficient (Wildman–Crippen LogP) is 3.97. The van der Waals surface area contributed by atoms with Gasteiger partial charge in [0, 0.05) is 11.9 Å². The van der Waals surface area contributed by atoms with Crippen molar-refractivity contribution in [2.45, 2.75) is 44.1 Å². The van der Waals surface area contributed by atoms with Gasteiger partial charge in [0.2, 0.25) is 0 Å². The maximum atomic E-state index is 5.89. The zero-order valence-electron chi connectivity index (χ0n) is 9.66. The second-order valence-electron chi connectivity index (χ2n) is 4.76. The lowest BCUT2D eigenvalue weighted by atomic mass is 9.84. The van der Waals surface area contributed by atoms with Gasteiger partial charge in [0.05, 0.1) is 0 Å². The van der Waals surface area contributed by atoms with Crippen LogP contribution in [0.1, 0.15) is 55.2 Å². The van der Waals surface area contributed by atoms with Crippen LogP contribution in [0.5, 0.6) is 0 Å². The second kappa shape index (κ2) is 5.70. The molecular weight excluding hydrogens is 218 g/mol. The van der Waals surface area contributed by atoms with Crippen molar-refractivity contribution in [2.24, 2.45) is 5.73 Å². The highest BCUT2D eigenvalue weighted by atomic mass is 35.5. The average Bonchev–Trinajstić information content (AvgIpc) is 2.39. The zero-order chi connectivity index (χ0) is 11.4. The van der Waals surface area contributed by atoms with Crippen LogP contribution in [0.25, 0.3) is 0 Å². The molecule has 0 radical (unpaired) electrons. The minimum absolute atomic E-state index is 0.0259. The fraction of sp³-hybridized carbons (Fsp3) is 0.571. The van der Waals surface area contributed by atoms with E-state index in [1.54, 1.807) is 0 Å². The molecule has 1 aromatic carbocycles. The minimum Gasteiger partial charge on any atom is -0.323 e. The number of hydrogen-bond acceptors (Lipinski definition) is 1. The summed E-state index contributed by atoms with van der Waals surface area (Å²) in [4.78, 5) is 0. The third-order valence-corrected chi connectivity index (χ3v) is 3.94. The van der Waals surface area contributed by atoms with Gasteiger partial charge in [-0.3, -0.25) is 0 Å². The van der Waals surface area contributed by atoms with Gasteiger partial charge >= 0.3 is 0 Å². The summed E-state index contributed by atoms with van der Waals surface area (Å²) in [5.74, 6) is 1.26. The van der Waals surface area contributed by atoms with E-state index in [0.29, 0.717) is 5.88 Å². The molecule has 0 aliphatic heterocycles. The Morgan fingerprint density at radius 2 is 1.75 bits per heavy atom. The molecule has 2 N–H and O–H groups in total. The lowest BCUT2D eigenvalue weighted by Gasteiger charge is -2.22. The van der Waals surface area contributed by atoms with E-state index in [2.05, 4.69) is 24.3 Å². The standard InChI is InChI=1S/C14H20ClN/c15-10-14(16)13-8-6-12(7-9-13)11-4-2-1-3-5-11/h6-9,11,14H,1-5,10,16H2. The molecule has 0 amide bonds. The number of nitrogens with two attached hydrogens (primary N) is 1. The summed E-state index contributed by atoms with van der Waals surface area (Å²) < 4.78 is 0. The minimum atomic E-state index is -0.0259. The Bertz CT molecular complexity index is 314. The molecule has 0 saturated heterocycles. The van der Waals surface area contributed by atoms with Gasteiger partial charge in [-0.15, -0.1) is 11.6 Å². The van der Waals surface area contributed by atoms with E-state index in [-0.39, 0.29) is 6.04 Å². The van der Waals surface area contributed by atoms with Crippen LogP contribution in [0.15, 0.2) is 24.3 Å². The van der Waals surface area contributed by atoms with Crippen molar-refractivity contribution in [2.75, 3.05) is 5.88 Å². The smallest absolute Gasteiger partial charge is 0.0432 e. The number of hydrogen-bond donors (Lipinski definition) is 1. The van der Waals surface area contributed by atoms with Crippen LogP contribution in [0, 0.1) is 0 Å². The van der Waals surface area contributed by atoms with Crippen molar-refractivity contribution in [3.8, 4) is 0 Å². The summed E-state index contributed by atoms with van der Waals surface area (Å²) in [7, 11) is 0. The first-order chi connectivity index (χ1) is 7.81. The average molecular weight is 238 g/mol. The number of rotatable bonds is 3. The Kier molecular flexibility index (Phi) is 4.25. The van der Waals surface area contributed by atoms with Gasteiger partial charge in [0.25, 0.3) is 0 Å². The first-order valence-corrected chi connectivity index (χ1v) is 6.76.